The molecule has 1 aromatic carbocycles. The highest BCUT2D eigenvalue weighted by molar-refractivity contribution is 7.90. The number of para-hydroxylation sites is 1. The minimum absolute atomic E-state index is 0.0283. The van der Waals surface area contributed by atoms with Crippen molar-refractivity contribution >= 4 is 21.7 Å². The number of hydrogen-bond acceptors (Lipinski definition) is 7. The first-order chi connectivity index (χ1) is 14.7. The van der Waals surface area contributed by atoms with Crippen LogP contribution in [0.5, 0.6) is 5.75 Å². The van der Waals surface area contributed by atoms with Crippen molar-refractivity contribution in [1.29, 1.82) is 5.26 Å². The summed E-state index contributed by atoms with van der Waals surface area (Å²) in [6.07, 6.45) is 2.69. The molecule has 12 heteroatoms. The molecule has 0 fully saturated rings. The number of carbonyl (C=O) groups excluding carboxylic acids is 2. The Hall–Kier alpha value is -3.59. The molecule has 2 rings (SSSR count). The van der Waals surface area contributed by atoms with Crippen LogP contribution >= 0.6 is 0 Å². The molecule has 9 nitrogen and oxygen atoms in total. The molecular formula is C19H18F2N4O5S. The minimum Gasteiger partial charge on any atom is -0.435 e. The van der Waals surface area contributed by atoms with E-state index in [1.807, 2.05) is 0 Å². The third-order valence-corrected chi connectivity index (χ3v) is 5.48. The van der Waals surface area contributed by atoms with Gasteiger partial charge in [-0.15, -0.1) is 0 Å². The van der Waals surface area contributed by atoms with Gasteiger partial charge in [0.25, 0.3) is 5.91 Å². The molecule has 164 valence electrons. The number of carbonyl (C=O) groups is 2. The van der Waals surface area contributed by atoms with E-state index < -0.39 is 52.4 Å². The maximum atomic E-state index is 12.7. The molecule has 1 atom stereocenters. The van der Waals surface area contributed by atoms with Crippen molar-refractivity contribution in [1.82, 2.24) is 15.6 Å². The van der Waals surface area contributed by atoms with E-state index in [4.69, 9.17) is 5.26 Å². The second kappa shape index (κ2) is 11.0. The number of pyridine rings is 1. The maximum Gasteiger partial charge on any atom is 0.387 e. The quantitative estimate of drug-likeness (QED) is 0.514. The number of halogens is 2. The smallest absolute Gasteiger partial charge is 0.387 e. The summed E-state index contributed by atoms with van der Waals surface area (Å²) in [6.45, 7) is -3.54. The normalized spacial score (nSPS) is 11.9. The molecule has 1 aromatic heterocycles. The van der Waals surface area contributed by atoms with E-state index in [1.54, 1.807) is 6.07 Å². The first-order valence-electron chi connectivity index (χ1n) is 8.80. The average molecular weight is 452 g/mol. The van der Waals surface area contributed by atoms with E-state index in [0.717, 1.165) is 0 Å². The molecule has 0 radical (unpaired) electrons. The lowest BCUT2D eigenvalue weighted by molar-refractivity contribution is -0.122. The number of alkyl halides is 2. The van der Waals surface area contributed by atoms with Gasteiger partial charge in [0.05, 0.1) is 17.6 Å². The molecule has 0 aliphatic rings. The van der Waals surface area contributed by atoms with Crippen molar-refractivity contribution in [3.05, 3.63) is 59.9 Å². The zero-order chi connectivity index (χ0) is 22.9. The molecule has 0 aliphatic heterocycles. The average Bonchev–Trinajstić information content (AvgIpc) is 2.72. The summed E-state index contributed by atoms with van der Waals surface area (Å²) in [5, 5.41) is 13.1. The van der Waals surface area contributed by atoms with Crippen LogP contribution in [0.1, 0.15) is 15.9 Å². The first kappa shape index (κ1) is 23.7. The van der Waals surface area contributed by atoms with Gasteiger partial charge in [0.15, 0.2) is 9.84 Å². The third-order valence-electron chi connectivity index (χ3n) is 3.89. The van der Waals surface area contributed by atoms with Gasteiger partial charge in [-0.05, 0) is 18.2 Å². The highest BCUT2D eigenvalue weighted by atomic mass is 32.2. The number of amides is 2. The molecular weight excluding hydrogens is 434 g/mol. The number of hydrogen-bond donors (Lipinski definition) is 2. The lowest BCUT2D eigenvalue weighted by Gasteiger charge is -2.18. The summed E-state index contributed by atoms with van der Waals surface area (Å²) in [5.74, 6) is -3.46. The van der Waals surface area contributed by atoms with E-state index in [-0.39, 0.29) is 16.9 Å². The van der Waals surface area contributed by atoms with Crippen LogP contribution in [0, 0.1) is 11.3 Å². The molecule has 0 spiro atoms. The Bertz CT molecular complexity index is 1060. The summed E-state index contributed by atoms with van der Waals surface area (Å²) in [5.41, 5.74) is 0.112. The van der Waals surface area contributed by atoms with Crippen molar-refractivity contribution in [3.63, 3.8) is 0 Å². The third kappa shape index (κ3) is 7.63. The molecule has 1 unspecified atom stereocenters. The van der Waals surface area contributed by atoms with E-state index in [1.165, 1.54) is 48.8 Å². The van der Waals surface area contributed by atoms with E-state index in [9.17, 15) is 26.8 Å². The number of nitrogens with zero attached hydrogens (tertiary/aromatic N) is 2. The van der Waals surface area contributed by atoms with Gasteiger partial charge < -0.3 is 15.4 Å². The second-order valence-corrected chi connectivity index (χ2v) is 8.29. The molecule has 0 saturated carbocycles. The zero-order valence-corrected chi connectivity index (χ0v) is 16.8. The monoisotopic (exact) mass is 452 g/mol. The fraction of sp³-hybridized carbons (Fsp3) is 0.263. The van der Waals surface area contributed by atoms with Crippen LogP contribution in [0.4, 0.5) is 8.78 Å². The number of sulfone groups is 1. The van der Waals surface area contributed by atoms with Crippen LogP contribution in [-0.2, 0) is 20.4 Å². The van der Waals surface area contributed by atoms with Crippen molar-refractivity contribution in [2.75, 3.05) is 12.3 Å². The maximum absolute atomic E-state index is 12.7. The molecule has 2 N–H and O–H groups in total. The Labute approximate surface area is 177 Å². The summed E-state index contributed by atoms with van der Waals surface area (Å²) in [7, 11) is -4.09. The van der Waals surface area contributed by atoms with Crippen LogP contribution < -0.4 is 15.4 Å². The first-order valence-corrected chi connectivity index (χ1v) is 10.6. The van der Waals surface area contributed by atoms with Crippen LogP contribution in [0.25, 0.3) is 0 Å². The van der Waals surface area contributed by atoms with E-state index in [0.29, 0.717) is 0 Å². The number of aromatic nitrogens is 1. The molecule has 0 saturated heterocycles. The molecule has 31 heavy (non-hydrogen) atoms. The predicted octanol–water partition coefficient (Wildman–Crippen LogP) is 1.04. The van der Waals surface area contributed by atoms with Gasteiger partial charge >= 0.3 is 6.61 Å². The van der Waals surface area contributed by atoms with E-state index >= 15 is 0 Å². The van der Waals surface area contributed by atoms with Gasteiger partial charge in [0.1, 0.15) is 18.3 Å². The number of nitrogens with one attached hydrogen (secondary N) is 2. The summed E-state index contributed by atoms with van der Waals surface area (Å²) in [4.78, 5) is 28.5. The van der Waals surface area contributed by atoms with Crippen molar-refractivity contribution in [3.8, 4) is 11.8 Å². The minimum atomic E-state index is -4.09. The zero-order valence-electron chi connectivity index (χ0n) is 16.0. The second-order valence-electron chi connectivity index (χ2n) is 6.18. The molecule has 0 aliphatic carbocycles. The largest absolute Gasteiger partial charge is 0.435 e. The van der Waals surface area contributed by atoms with Crippen LogP contribution in [0.2, 0.25) is 0 Å². The van der Waals surface area contributed by atoms with Crippen LogP contribution in [-0.4, -0.2) is 50.2 Å². The Morgan fingerprint density at radius 3 is 2.48 bits per heavy atom. The van der Waals surface area contributed by atoms with Crippen molar-refractivity contribution in [2.45, 2.75) is 18.4 Å². The summed E-state index contributed by atoms with van der Waals surface area (Å²) >= 11 is 0. The molecule has 2 aromatic rings. The Morgan fingerprint density at radius 1 is 1.16 bits per heavy atom. The van der Waals surface area contributed by atoms with Crippen molar-refractivity contribution in [2.24, 2.45) is 0 Å². The Balaban J connectivity index is 2.21. The van der Waals surface area contributed by atoms with Gasteiger partial charge in [-0.3, -0.25) is 14.6 Å². The molecule has 2 amide bonds. The Kier molecular flexibility index (Phi) is 8.39. The van der Waals surface area contributed by atoms with Crippen LogP contribution in [0.15, 0.2) is 48.8 Å². The number of benzene rings is 1. The van der Waals surface area contributed by atoms with Gasteiger partial charge in [0, 0.05) is 23.5 Å². The standard InChI is InChI=1S/C19H18F2N4O5S/c20-19(21)30-16-4-2-1-3-14(16)11-31(28,29)12-15(18(27)24-10-7-22)25-17(26)13-5-8-23-9-6-13/h1-6,8-9,15,19H,10-12H2,(H,24,27)(H,25,26). The van der Waals surface area contributed by atoms with Gasteiger partial charge in [-0.1, -0.05) is 18.2 Å². The number of rotatable bonds is 10. The van der Waals surface area contributed by atoms with Crippen LogP contribution in [0.3, 0.4) is 0 Å². The molecule has 0 bridgehead atoms. The summed E-state index contributed by atoms with van der Waals surface area (Å²) < 4.78 is 54.9. The fourth-order valence-electron chi connectivity index (χ4n) is 2.56. The van der Waals surface area contributed by atoms with Crippen molar-refractivity contribution < 1.29 is 31.5 Å². The topological polar surface area (TPSA) is 138 Å². The number of ether oxygens (including phenoxy) is 1. The number of nitriles is 1. The SMILES string of the molecule is N#CCNC(=O)C(CS(=O)(=O)Cc1ccccc1OC(F)F)NC(=O)c1ccncc1. The lowest BCUT2D eigenvalue weighted by atomic mass is 10.2. The highest BCUT2D eigenvalue weighted by Gasteiger charge is 2.28. The summed E-state index contributed by atoms with van der Waals surface area (Å²) in [6, 6.07) is 8.23. The van der Waals surface area contributed by atoms with E-state index in [2.05, 4.69) is 20.4 Å². The lowest BCUT2D eigenvalue weighted by Crippen LogP contribution is -2.50. The highest BCUT2D eigenvalue weighted by Crippen LogP contribution is 2.23. The molecule has 1 heterocycles. The van der Waals surface area contributed by atoms with Gasteiger partial charge in [-0.25, -0.2) is 8.42 Å². The van der Waals surface area contributed by atoms with Gasteiger partial charge in [0.2, 0.25) is 5.91 Å². The Morgan fingerprint density at radius 2 is 1.84 bits per heavy atom. The predicted molar refractivity (Wildman–Crippen MR) is 105 cm³/mol. The fourth-order valence-corrected chi connectivity index (χ4v) is 4.13. The van der Waals surface area contributed by atoms with Gasteiger partial charge in [-0.2, -0.15) is 14.0 Å².